The van der Waals surface area contributed by atoms with Crippen LogP contribution in [0.5, 0.6) is 0 Å². The summed E-state index contributed by atoms with van der Waals surface area (Å²) < 4.78 is 24.2. The monoisotopic (exact) mass is 128 g/mol. The van der Waals surface area contributed by atoms with Crippen molar-refractivity contribution in [2.75, 3.05) is 0 Å². The molecule has 0 spiro atoms. The molecule has 1 radical (unpaired) electrons. The van der Waals surface area contributed by atoms with Crippen LogP contribution >= 0.6 is 0 Å². The highest BCUT2D eigenvalue weighted by atomic mass is 19.1. The highest BCUT2D eigenvalue weighted by Gasteiger charge is 1.97. The molecule has 1 aromatic rings. The second kappa shape index (κ2) is 2.09. The summed E-state index contributed by atoms with van der Waals surface area (Å²) >= 11 is 0. The maximum absolute atomic E-state index is 12.2. The maximum atomic E-state index is 12.2. The van der Waals surface area contributed by atoms with E-state index >= 15 is 0 Å². The van der Waals surface area contributed by atoms with Gasteiger partial charge in [0.05, 0.1) is 11.9 Å². The molecule has 0 N–H and O–H groups in total. The normalized spacial score (nSPS) is 9.67. The summed E-state index contributed by atoms with van der Waals surface area (Å²) in [5.74, 6) is -1.39. The summed E-state index contributed by atoms with van der Waals surface area (Å²) in [7, 11) is 0. The lowest BCUT2D eigenvalue weighted by molar-refractivity contribution is 0.569. The van der Waals surface area contributed by atoms with Crippen LogP contribution in [-0.4, -0.2) is 4.98 Å². The van der Waals surface area contributed by atoms with Gasteiger partial charge >= 0.3 is 0 Å². The summed E-state index contributed by atoms with van der Waals surface area (Å²) in [4.78, 5) is 3.32. The van der Waals surface area contributed by atoms with Gasteiger partial charge in [0.1, 0.15) is 11.6 Å². The number of hydrogen-bond acceptors (Lipinski definition) is 1. The Balaban J connectivity index is 3.17. The van der Waals surface area contributed by atoms with Gasteiger partial charge in [0, 0.05) is 6.07 Å². The van der Waals surface area contributed by atoms with Crippen LogP contribution in [0.1, 0.15) is 5.69 Å². The molecular formula is C6H4F2N. The van der Waals surface area contributed by atoms with E-state index in [1.165, 1.54) is 0 Å². The van der Waals surface area contributed by atoms with Crippen molar-refractivity contribution >= 4 is 0 Å². The van der Waals surface area contributed by atoms with Crippen molar-refractivity contribution in [2.45, 2.75) is 0 Å². The third-order valence-corrected chi connectivity index (χ3v) is 0.884. The summed E-state index contributed by atoms with van der Waals surface area (Å²) in [5.41, 5.74) is -0.0311. The van der Waals surface area contributed by atoms with Gasteiger partial charge in [0.25, 0.3) is 0 Å². The number of rotatable bonds is 0. The second-order valence-electron chi connectivity index (χ2n) is 1.58. The zero-order valence-corrected chi connectivity index (χ0v) is 4.56. The molecule has 0 aliphatic heterocycles. The molecule has 0 fully saturated rings. The van der Waals surface area contributed by atoms with Crippen LogP contribution in [-0.2, 0) is 0 Å². The molecule has 0 atom stereocenters. The van der Waals surface area contributed by atoms with Gasteiger partial charge in [0.2, 0.25) is 0 Å². The smallest absolute Gasteiger partial charge is 0.147 e. The Morgan fingerprint density at radius 3 is 2.56 bits per heavy atom. The molecule has 1 aromatic heterocycles. The Morgan fingerprint density at radius 2 is 2.11 bits per heavy atom. The number of hydrogen-bond donors (Lipinski definition) is 0. The van der Waals surface area contributed by atoms with Crippen molar-refractivity contribution in [1.29, 1.82) is 0 Å². The molecule has 1 rings (SSSR count). The minimum Gasteiger partial charge on any atom is -0.255 e. The first-order valence-corrected chi connectivity index (χ1v) is 2.33. The van der Waals surface area contributed by atoms with Crippen molar-refractivity contribution < 1.29 is 8.78 Å². The van der Waals surface area contributed by atoms with Gasteiger partial charge in [-0.2, -0.15) is 0 Å². The molecule has 1 nitrogen and oxygen atoms in total. The van der Waals surface area contributed by atoms with E-state index in [0.717, 1.165) is 12.3 Å². The Hall–Kier alpha value is -0.990. The fourth-order valence-electron chi connectivity index (χ4n) is 0.443. The number of halogens is 2. The predicted molar refractivity (Wildman–Crippen MR) is 28.6 cm³/mol. The molecule has 1 heterocycles. The maximum Gasteiger partial charge on any atom is 0.147 e. The quantitative estimate of drug-likeness (QED) is 0.516. The lowest BCUT2D eigenvalue weighted by atomic mass is 10.4. The van der Waals surface area contributed by atoms with Gasteiger partial charge < -0.3 is 0 Å². The summed E-state index contributed by atoms with van der Waals surface area (Å²) in [6.45, 7) is 3.21. The molecule has 0 saturated carbocycles. The summed E-state index contributed by atoms with van der Waals surface area (Å²) in [6.07, 6.45) is 0.922. The van der Waals surface area contributed by atoms with E-state index in [4.69, 9.17) is 0 Å². The molecule has 47 valence electrons. The predicted octanol–water partition coefficient (Wildman–Crippen LogP) is 1.54. The van der Waals surface area contributed by atoms with E-state index < -0.39 is 11.6 Å². The Kier molecular flexibility index (Phi) is 1.42. The van der Waals surface area contributed by atoms with Gasteiger partial charge in [-0.3, -0.25) is 4.98 Å². The molecule has 0 aliphatic rings. The average Bonchev–Trinajstić information content (AvgIpc) is 1.80. The van der Waals surface area contributed by atoms with Crippen LogP contribution in [0.3, 0.4) is 0 Å². The standard InChI is InChI=1S/C6H4F2N/c1-4-6(8)2-5(7)3-9-4/h2-3H,1H2. The highest BCUT2D eigenvalue weighted by Crippen LogP contribution is 2.02. The third-order valence-electron chi connectivity index (χ3n) is 0.884. The topological polar surface area (TPSA) is 12.9 Å². The van der Waals surface area contributed by atoms with Crippen molar-refractivity contribution in [3.8, 4) is 0 Å². The van der Waals surface area contributed by atoms with E-state index in [1.54, 1.807) is 0 Å². The van der Waals surface area contributed by atoms with Crippen LogP contribution in [0, 0.1) is 18.6 Å². The minimum atomic E-state index is -0.713. The van der Waals surface area contributed by atoms with Gasteiger partial charge in [-0.05, 0) is 6.92 Å². The minimum absolute atomic E-state index is 0.0311. The van der Waals surface area contributed by atoms with Crippen LogP contribution in [0.2, 0.25) is 0 Å². The molecule has 3 heteroatoms. The van der Waals surface area contributed by atoms with Crippen LogP contribution in [0.25, 0.3) is 0 Å². The number of nitrogens with zero attached hydrogens (tertiary/aromatic N) is 1. The van der Waals surface area contributed by atoms with Gasteiger partial charge in [-0.25, -0.2) is 8.78 Å². The molecule has 0 unspecified atom stereocenters. The van der Waals surface area contributed by atoms with Crippen molar-refractivity contribution in [3.05, 3.63) is 36.5 Å². The van der Waals surface area contributed by atoms with Crippen molar-refractivity contribution in [1.82, 2.24) is 4.98 Å². The molecule has 9 heavy (non-hydrogen) atoms. The Morgan fingerprint density at radius 1 is 1.44 bits per heavy atom. The molecule has 0 amide bonds. The molecular weight excluding hydrogens is 124 g/mol. The average molecular weight is 128 g/mol. The first-order valence-electron chi connectivity index (χ1n) is 2.33. The van der Waals surface area contributed by atoms with Gasteiger partial charge in [-0.1, -0.05) is 0 Å². The van der Waals surface area contributed by atoms with E-state index in [2.05, 4.69) is 11.9 Å². The van der Waals surface area contributed by atoms with Gasteiger partial charge in [-0.15, -0.1) is 0 Å². The fraction of sp³-hybridized carbons (Fsp3) is 0. The highest BCUT2D eigenvalue weighted by molar-refractivity contribution is 5.10. The van der Waals surface area contributed by atoms with Crippen LogP contribution < -0.4 is 0 Å². The number of pyridine rings is 1. The number of aromatic nitrogens is 1. The summed E-state index contributed by atoms with van der Waals surface area (Å²) in [5, 5.41) is 0. The fourth-order valence-corrected chi connectivity index (χ4v) is 0.443. The van der Waals surface area contributed by atoms with Crippen molar-refractivity contribution in [2.24, 2.45) is 0 Å². The molecule has 0 saturated heterocycles. The zero-order chi connectivity index (χ0) is 6.85. The lowest BCUT2D eigenvalue weighted by Gasteiger charge is -1.91. The van der Waals surface area contributed by atoms with E-state index in [1.807, 2.05) is 0 Å². The third kappa shape index (κ3) is 1.22. The SMILES string of the molecule is [CH2]c1ncc(F)cc1F. The Labute approximate surface area is 51.3 Å². The van der Waals surface area contributed by atoms with Crippen LogP contribution in [0.4, 0.5) is 8.78 Å². The first-order chi connectivity index (χ1) is 4.20. The molecule has 0 bridgehead atoms. The van der Waals surface area contributed by atoms with Crippen LogP contribution in [0.15, 0.2) is 12.3 Å². The molecule has 0 aromatic carbocycles. The second-order valence-corrected chi connectivity index (χ2v) is 1.58. The van der Waals surface area contributed by atoms with E-state index in [-0.39, 0.29) is 5.69 Å². The summed E-state index contributed by atoms with van der Waals surface area (Å²) in [6, 6.07) is 0.745. The Bertz CT molecular complexity index is 222. The van der Waals surface area contributed by atoms with E-state index in [0.29, 0.717) is 0 Å². The van der Waals surface area contributed by atoms with Crippen molar-refractivity contribution in [3.63, 3.8) is 0 Å². The van der Waals surface area contributed by atoms with Gasteiger partial charge in [0.15, 0.2) is 0 Å². The lowest BCUT2D eigenvalue weighted by Crippen LogP contribution is -1.87. The first kappa shape index (κ1) is 6.13. The molecule has 0 aliphatic carbocycles. The zero-order valence-electron chi connectivity index (χ0n) is 4.56. The largest absolute Gasteiger partial charge is 0.255 e. The van der Waals surface area contributed by atoms with E-state index in [9.17, 15) is 8.78 Å².